The Morgan fingerprint density at radius 1 is 0.917 bits per heavy atom. The molecule has 0 unspecified atom stereocenters. The lowest BCUT2D eigenvalue weighted by Crippen LogP contribution is -2.17. The molecule has 0 spiro atoms. The molecular formula is C26H27N3O7. The van der Waals surface area contributed by atoms with Gasteiger partial charge in [-0.2, -0.15) is 5.10 Å². The summed E-state index contributed by atoms with van der Waals surface area (Å²) in [6.07, 6.45) is 1.49. The zero-order valence-corrected chi connectivity index (χ0v) is 20.2. The lowest BCUT2D eigenvalue weighted by molar-refractivity contribution is -0.384. The minimum atomic E-state index is -0.449. The first-order valence-corrected chi connectivity index (χ1v) is 11.2. The molecule has 0 radical (unpaired) electrons. The smallest absolute Gasteiger partial charge is 0.271 e. The first-order chi connectivity index (χ1) is 17.4. The van der Waals surface area contributed by atoms with Gasteiger partial charge in [0, 0.05) is 17.7 Å². The summed E-state index contributed by atoms with van der Waals surface area (Å²) in [6, 6.07) is 16.3. The number of rotatable bonds is 12. The van der Waals surface area contributed by atoms with Gasteiger partial charge in [0.15, 0.2) is 23.0 Å². The van der Waals surface area contributed by atoms with Crippen LogP contribution in [0.25, 0.3) is 0 Å². The first kappa shape index (κ1) is 26.0. The van der Waals surface area contributed by atoms with Crippen molar-refractivity contribution in [3.63, 3.8) is 0 Å². The molecule has 0 aromatic heterocycles. The maximum absolute atomic E-state index is 12.5. The van der Waals surface area contributed by atoms with Crippen LogP contribution in [0.4, 0.5) is 5.69 Å². The summed E-state index contributed by atoms with van der Waals surface area (Å²) >= 11 is 0. The van der Waals surface area contributed by atoms with Crippen molar-refractivity contribution in [3.05, 3.63) is 87.5 Å². The molecular weight excluding hydrogens is 466 g/mol. The van der Waals surface area contributed by atoms with Crippen LogP contribution in [-0.4, -0.2) is 37.4 Å². The Balaban J connectivity index is 1.64. The van der Waals surface area contributed by atoms with Gasteiger partial charge < -0.3 is 18.9 Å². The zero-order chi connectivity index (χ0) is 25.9. The number of ether oxygens (including phenoxy) is 4. The van der Waals surface area contributed by atoms with Gasteiger partial charge in [0.05, 0.1) is 31.5 Å². The average molecular weight is 494 g/mol. The van der Waals surface area contributed by atoms with Crippen molar-refractivity contribution in [2.45, 2.75) is 20.5 Å². The summed E-state index contributed by atoms with van der Waals surface area (Å²) < 4.78 is 22.3. The molecule has 0 aliphatic carbocycles. The largest absolute Gasteiger partial charge is 0.493 e. The van der Waals surface area contributed by atoms with Crippen molar-refractivity contribution in [1.82, 2.24) is 5.43 Å². The second kappa shape index (κ2) is 12.7. The number of nitrogens with one attached hydrogen (secondary N) is 1. The molecule has 0 atom stereocenters. The number of carbonyl (C=O) groups is 1. The van der Waals surface area contributed by atoms with Crippen LogP contribution < -0.4 is 24.4 Å². The van der Waals surface area contributed by atoms with Crippen LogP contribution in [0.1, 0.15) is 35.3 Å². The van der Waals surface area contributed by atoms with E-state index in [9.17, 15) is 14.9 Å². The minimum absolute atomic E-state index is 0.0196. The molecule has 0 bridgehead atoms. The van der Waals surface area contributed by atoms with Crippen LogP contribution in [-0.2, 0) is 6.61 Å². The SMILES string of the molecule is CCOc1ccc(C(=O)N/N=C/c2ccc(OCc3ccc([N+](=O)[O-])cc3)c(OCC)c2)cc1OC. The fourth-order valence-electron chi connectivity index (χ4n) is 3.18. The van der Waals surface area contributed by atoms with Gasteiger partial charge in [-0.3, -0.25) is 14.9 Å². The summed E-state index contributed by atoms with van der Waals surface area (Å²) in [5.41, 5.74) is 4.35. The number of hydrogen-bond donors (Lipinski definition) is 1. The van der Waals surface area contributed by atoms with Crippen LogP contribution in [0, 0.1) is 10.1 Å². The molecule has 0 saturated carbocycles. The molecule has 0 heterocycles. The van der Waals surface area contributed by atoms with Gasteiger partial charge in [0.25, 0.3) is 11.6 Å². The van der Waals surface area contributed by atoms with E-state index < -0.39 is 10.8 Å². The van der Waals surface area contributed by atoms with Crippen LogP contribution in [0.15, 0.2) is 65.8 Å². The number of hydrogen-bond acceptors (Lipinski definition) is 8. The third-order valence-electron chi connectivity index (χ3n) is 4.91. The molecule has 1 N–H and O–H groups in total. The number of non-ortho nitro benzene ring substituents is 1. The van der Waals surface area contributed by atoms with E-state index in [2.05, 4.69) is 10.5 Å². The summed E-state index contributed by atoms with van der Waals surface area (Å²) in [7, 11) is 1.51. The molecule has 36 heavy (non-hydrogen) atoms. The maximum atomic E-state index is 12.5. The van der Waals surface area contributed by atoms with E-state index in [-0.39, 0.29) is 12.3 Å². The third kappa shape index (κ3) is 6.95. The van der Waals surface area contributed by atoms with E-state index in [0.717, 1.165) is 5.56 Å². The number of carbonyl (C=O) groups excluding carboxylic acids is 1. The average Bonchev–Trinajstić information content (AvgIpc) is 2.89. The number of nitro groups is 1. The van der Waals surface area contributed by atoms with Gasteiger partial charge in [0.2, 0.25) is 0 Å². The van der Waals surface area contributed by atoms with Crippen LogP contribution in [0.2, 0.25) is 0 Å². The molecule has 1 amide bonds. The standard InChI is InChI=1S/C26H27N3O7/c1-4-34-22-13-9-20(15-24(22)33-3)26(30)28-27-16-19-8-12-23(25(14-19)35-5-2)36-17-18-6-10-21(11-7-18)29(31)32/h6-16H,4-5,17H2,1-3H3,(H,28,30)/b27-16+. The van der Waals surface area contributed by atoms with Crippen molar-refractivity contribution in [2.75, 3.05) is 20.3 Å². The predicted molar refractivity (Wildman–Crippen MR) is 134 cm³/mol. The molecule has 10 heteroatoms. The van der Waals surface area contributed by atoms with Crippen molar-refractivity contribution in [1.29, 1.82) is 0 Å². The number of amides is 1. The lowest BCUT2D eigenvalue weighted by atomic mass is 10.2. The van der Waals surface area contributed by atoms with Crippen LogP contribution in [0.5, 0.6) is 23.0 Å². The second-order valence-corrected chi connectivity index (χ2v) is 7.35. The van der Waals surface area contributed by atoms with E-state index in [4.69, 9.17) is 18.9 Å². The molecule has 0 aliphatic rings. The van der Waals surface area contributed by atoms with Gasteiger partial charge >= 0.3 is 0 Å². The van der Waals surface area contributed by atoms with Crippen molar-refractivity contribution >= 4 is 17.8 Å². The predicted octanol–water partition coefficient (Wildman–Crippen LogP) is 4.74. The van der Waals surface area contributed by atoms with Crippen LogP contribution in [0.3, 0.4) is 0 Å². The Kier molecular flexibility index (Phi) is 9.21. The topological polar surface area (TPSA) is 122 Å². The highest BCUT2D eigenvalue weighted by molar-refractivity contribution is 5.95. The Hall–Kier alpha value is -4.60. The fraction of sp³-hybridized carbons (Fsp3) is 0.231. The maximum Gasteiger partial charge on any atom is 0.271 e. The molecule has 0 aliphatic heterocycles. The van der Waals surface area contributed by atoms with E-state index in [1.807, 2.05) is 13.8 Å². The zero-order valence-electron chi connectivity index (χ0n) is 20.2. The molecule has 0 fully saturated rings. The molecule has 3 aromatic rings. The van der Waals surface area contributed by atoms with E-state index in [0.29, 0.717) is 47.3 Å². The van der Waals surface area contributed by atoms with Gasteiger partial charge in [-0.05, 0) is 73.5 Å². The fourth-order valence-corrected chi connectivity index (χ4v) is 3.18. The number of methoxy groups -OCH3 is 1. The minimum Gasteiger partial charge on any atom is -0.493 e. The van der Waals surface area contributed by atoms with E-state index in [1.165, 1.54) is 25.5 Å². The number of benzene rings is 3. The van der Waals surface area contributed by atoms with Crippen molar-refractivity contribution in [2.24, 2.45) is 5.10 Å². The van der Waals surface area contributed by atoms with E-state index in [1.54, 1.807) is 48.5 Å². The molecule has 10 nitrogen and oxygen atoms in total. The van der Waals surface area contributed by atoms with Crippen molar-refractivity contribution < 1.29 is 28.7 Å². The molecule has 188 valence electrons. The normalized spacial score (nSPS) is 10.6. The Morgan fingerprint density at radius 3 is 2.25 bits per heavy atom. The molecule has 0 saturated heterocycles. The first-order valence-electron chi connectivity index (χ1n) is 11.2. The highest BCUT2D eigenvalue weighted by atomic mass is 16.6. The summed E-state index contributed by atoms with van der Waals surface area (Å²) in [5, 5.41) is 14.8. The van der Waals surface area contributed by atoms with Gasteiger partial charge in [-0.25, -0.2) is 5.43 Å². The Morgan fingerprint density at radius 2 is 1.58 bits per heavy atom. The number of hydrazone groups is 1. The third-order valence-corrected chi connectivity index (χ3v) is 4.91. The lowest BCUT2D eigenvalue weighted by Gasteiger charge is -2.12. The highest BCUT2D eigenvalue weighted by Gasteiger charge is 2.11. The van der Waals surface area contributed by atoms with Crippen molar-refractivity contribution in [3.8, 4) is 23.0 Å². The van der Waals surface area contributed by atoms with Gasteiger partial charge in [-0.15, -0.1) is 0 Å². The second-order valence-electron chi connectivity index (χ2n) is 7.35. The quantitative estimate of drug-likeness (QED) is 0.220. The summed E-state index contributed by atoms with van der Waals surface area (Å²) in [4.78, 5) is 22.8. The van der Waals surface area contributed by atoms with Crippen LogP contribution >= 0.6 is 0 Å². The number of nitrogens with zero attached hydrogens (tertiary/aromatic N) is 2. The highest BCUT2D eigenvalue weighted by Crippen LogP contribution is 2.30. The monoisotopic (exact) mass is 493 g/mol. The van der Waals surface area contributed by atoms with Gasteiger partial charge in [0.1, 0.15) is 6.61 Å². The van der Waals surface area contributed by atoms with E-state index >= 15 is 0 Å². The summed E-state index contributed by atoms with van der Waals surface area (Å²) in [6.45, 7) is 4.84. The number of nitro benzene ring substituents is 1. The van der Waals surface area contributed by atoms with Gasteiger partial charge in [-0.1, -0.05) is 0 Å². The molecule has 3 rings (SSSR count). The Labute approximate surface area is 208 Å². The summed E-state index contributed by atoms with van der Waals surface area (Å²) in [5.74, 6) is 1.63. The molecule has 3 aromatic carbocycles. The Bertz CT molecular complexity index is 1230.